The van der Waals surface area contributed by atoms with Crippen LogP contribution in [0, 0.1) is 0 Å². The van der Waals surface area contributed by atoms with Gasteiger partial charge in [0.05, 0.1) is 42.8 Å². The van der Waals surface area contributed by atoms with E-state index in [9.17, 15) is 14.4 Å². The third-order valence-corrected chi connectivity index (χ3v) is 6.19. The number of nitrogens with one attached hydrogen (secondary N) is 1. The number of thioether (sulfide) groups is 1. The summed E-state index contributed by atoms with van der Waals surface area (Å²) >= 11 is 1.12. The van der Waals surface area contributed by atoms with Crippen molar-refractivity contribution in [3.05, 3.63) is 82.6 Å². The van der Waals surface area contributed by atoms with Gasteiger partial charge in [0.1, 0.15) is 5.75 Å². The van der Waals surface area contributed by atoms with Gasteiger partial charge in [0.25, 0.3) is 11.5 Å². The van der Waals surface area contributed by atoms with Gasteiger partial charge >= 0.3 is 5.97 Å². The average Bonchev–Trinajstić information content (AvgIpc) is 2.92. The van der Waals surface area contributed by atoms with Crippen LogP contribution in [-0.4, -0.2) is 47.6 Å². The van der Waals surface area contributed by atoms with Crippen molar-refractivity contribution in [3.63, 3.8) is 0 Å². The minimum absolute atomic E-state index is 0.0347. The van der Waals surface area contributed by atoms with Gasteiger partial charge in [-0.05, 0) is 60.2 Å². The molecule has 0 saturated carbocycles. The molecule has 1 amide bonds. The second-order valence-electron chi connectivity index (χ2n) is 7.84. The Hall–Kier alpha value is -4.64. The van der Waals surface area contributed by atoms with Gasteiger partial charge < -0.3 is 14.2 Å². The van der Waals surface area contributed by atoms with Gasteiger partial charge in [-0.2, -0.15) is 5.10 Å². The first-order chi connectivity index (χ1) is 18.4. The highest BCUT2D eigenvalue weighted by Gasteiger charge is 2.15. The predicted molar refractivity (Wildman–Crippen MR) is 145 cm³/mol. The van der Waals surface area contributed by atoms with Crippen molar-refractivity contribution < 1.29 is 23.8 Å². The number of carbonyl (C=O) groups is 2. The fourth-order valence-electron chi connectivity index (χ4n) is 3.51. The van der Waals surface area contributed by atoms with Crippen molar-refractivity contribution in [2.45, 2.75) is 12.1 Å². The number of ether oxygens (including phenoxy) is 3. The summed E-state index contributed by atoms with van der Waals surface area (Å²) < 4.78 is 17.0. The molecule has 0 radical (unpaired) electrons. The number of amides is 1. The number of methoxy groups -OCH3 is 2. The molecule has 10 nitrogen and oxygen atoms in total. The molecule has 3 aromatic carbocycles. The SMILES string of the molecule is COc1ccc(-n2c(SCC(=O)N/N=C/c3ccc(OC(C)=O)c(OC)c3)nc3ccccc3c2=O)cc1. The number of para-hydroxylation sites is 1. The quantitative estimate of drug-likeness (QED) is 0.0867. The van der Waals surface area contributed by atoms with Gasteiger partial charge in [-0.1, -0.05) is 23.9 Å². The lowest BCUT2D eigenvalue weighted by Gasteiger charge is -2.13. The number of esters is 1. The number of hydrogen-bond acceptors (Lipinski definition) is 9. The van der Waals surface area contributed by atoms with Gasteiger partial charge in [-0.25, -0.2) is 10.4 Å². The number of hydrogen-bond donors (Lipinski definition) is 1. The third kappa shape index (κ3) is 6.19. The molecule has 4 aromatic rings. The summed E-state index contributed by atoms with van der Waals surface area (Å²) in [4.78, 5) is 41.7. The summed E-state index contributed by atoms with van der Waals surface area (Å²) in [6.45, 7) is 1.30. The molecule has 0 aliphatic carbocycles. The number of carbonyl (C=O) groups excluding carboxylic acids is 2. The van der Waals surface area contributed by atoms with Crippen molar-refractivity contribution in [2.24, 2.45) is 5.10 Å². The number of nitrogens with zero attached hydrogens (tertiary/aromatic N) is 3. The zero-order chi connectivity index (χ0) is 27.1. The Morgan fingerprint density at radius 1 is 1.03 bits per heavy atom. The van der Waals surface area contributed by atoms with Crippen LogP contribution >= 0.6 is 11.8 Å². The lowest BCUT2D eigenvalue weighted by Crippen LogP contribution is -2.24. The standard InChI is InChI=1S/C27H24N4O6S/c1-17(32)37-23-13-8-18(14-24(23)36-3)15-28-30-25(33)16-38-27-29-22-7-5-4-6-21(22)26(34)31(27)19-9-11-20(35-2)12-10-19/h4-15H,16H2,1-3H3,(H,30,33)/b28-15+. The van der Waals surface area contributed by atoms with Crippen molar-refractivity contribution in [1.29, 1.82) is 0 Å². The molecule has 1 N–H and O–H groups in total. The molecule has 194 valence electrons. The van der Waals surface area contributed by atoms with E-state index in [1.165, 1.54) is 24.8 Å². The number of fused-ring (bicyclic) bond motifs is 1. The van der Waals surface area contributed by atoms with Gasteiger partial charge in [-0.15, -0.1) is 0 Å². The highest BCUT2D eigenvalue weighted by Crippen LogP contribution is 2.27. The fraction of sp³-hybridized carbons (Fsp3) is 0.148. The fourth-order valence-corrected chi connectivity index (χ4v) is 4.32. The van der Waals surface area contributed by atoms with Crippen molar-refractivity contribution in [1.82, 2.24) is 15.0 Å². The van der Waals surface area contributed by atoms with Crippen molar-refractivity contribution in [3.8, 4) is 22.9 Å². The zero-order valence-electron chi connectivity index (χ0n) is 20.8. The third-order valence-electron chi connectivity index (χ3n) is 5.25. The Balaban J connectivity index is 1.50. The molecule has 0 aliphatic heterocycles. The van der Waals surface area contributed by atoms with Crippen LogP contribution in [0.4, 0.5) is 0 Å². The summed E-state index contributed by atoms with van der Waals surface area (Å²) in [5.41, 5.74) is 3.98. The van der Waals surface area contributed by atoms with E-state index in [0.717, 1.165) is 11.8 Å². The number of aromatic nitrogens is 2. The lowest BCUT2D eigenvalue weighted by atomic mass is 10.2. The van der Waals surface area contributed by atoms with Gasteiger partial charge in [0, 0.05) is 6.92 Å². The zero-order valence-corrected chi connectivity index (χ0v) is 21.7. The minimum atomic E-state index is -0.465. The first kappa shape index (κ1) is 26.4. The van der Waals surface area contributed by atoms with Crippen LogP contribution in [0.15, 0.2) is 81.8 Å². The number of hydrazone groups is 1. The Kier molecular flexibility index (Phi) is 8.39. The van der Waals surface area contributed by atoms with E-state index in [4.69, 9.17) is 14.2 Å². The molecule has 1 aromatic heterocycles. The maximum atomic E-state index is 13.3. The molecule has 11 heteroatoms. The summed E-state index contributed by atoms with van der Waals surface area (Å²) in [7, 11) is 3.02. The van der Waals surface area contributed by atoms with Crippen LogP contribution in [0.25, 0.3) is 16.6 Å². The lowest BCUT2D eigenvalue weighted by molar-refractivity contribution is -0.132. The number of rotatable bonds is 9. The first-order valence-corrected chi connectivity index (χ1v) is 12.4. The van der Waals surface area contributed by atoms with E-state index in [1.54, 1.807) is 73.8 Å². The average molecular weight is 533 g/mol. The van der Waals surface area contributed by atoms with Crippen LogP contribution in [0.1, 0.15) is 12.5 Å². The van der Waals surface area contributed by atoms with E-state index < -0.39 is 11.9 Å². The van der Waals surface area contributed by atoms with Crippen LogP contribution in [0.3, 0.4) is 0 Å². The predicted octanol–water partition coefficient (Wildman–Crippen LogP) is 3.57. The topological polar surface area (TPSA) is 121 Å². The van der Waals surface area contributed by atoms with Crippen LogP contribution in [-0.2, 0) is 9.59 Å². The van der Waals surface area contributed by atoms with Crippen LogP contribution in [0.2, 0.25) is 0 Å². The molecule has 0 spiro atoms. The van der Waals surface area contributed by atoms with Gasteiger partial charge in [-0.3, -0.25) is 19.0 Å². The second kappa shape index (κ2) is 12.1. The molecule has 0 fully saturated rings. The molecule has 38 heavy (non-hydrogen) atoms. The molecule has 0 saturated heterocycles. The Bertz CT molecular complexity index is 1570. The molecule has 0 unspecified atom stereocenters. The van der Waals surface area contributed by atoms with E-state index in [2.05, 4.69) is 15.5 Å². The highest BCUT2D eigenvalue weighted by atomic mass is 32.2. The van der Waals surface area contributed by atoms with E-state index in [1.807, 2.05) is 0 Å². The smallest absolute Gasteiger partial charge is 0.308 e. The van der Waals surface area contributed by atoms with E-state index in [-0.39, 0.29) is 17.1 Å². The second-order valence-corrected chi connectivity index (χ2v) is 8.78. The van der Waals surface area contributed by atoms with Gasteiger partial charge in [0.2, 0.25) is 0 Å². The monoisotopic (exact) mass is 532 g/mol. The van der Waals surface area contributed by atoms with Crippen LogP contribution in [0.5, 0.6) is 17.2 Å². The summed E-state index contributed by atoms with van der Waals surface area (Å²) in [5, 5.41) is 4.82. The largest absolute Gasteiger partial charge is 0.497 e. The summed E-state index contributed by atoms with van der Waals surface area (Å²) in [6, 6.07) is 18.9. The maximum Gasteiger partial charge on any atom is 0.308 e. The Labute approximate surface area is 222 Å². The molecule has 0 atom stereocenters. The van der Waals surface area contributed by atoms with E-state index >= 15 is 0 Å². The summed E-state index contributed by atoms with van der Waals surface area (Å²) in [5.74, 6) is 0.396. The van der Waals surface area contributed by atoms with Crippen LogP contribution < -0.4 is 25.2 Å². The van der Waals surface area contributed by atoms with Crippen molar-refractivity contribution >= 4 is 40.8 Å². The molecule has 1 heterocycles. The Morgan fingerprint density at radius 2 is 1.79 bits per heavy atom. The minimum Gasteiger partial charge on any atom is -0.497 e. The highest BCUT2D eigenvalue weighted by molar-refractivity contribution is 7.99. The molecule has 0 aliphatic rings. The molecule has 4 rings (SSSR count). The van der Waals surface area contributed by atoms with Crippen molar-refractivity contribution in [2.75, 3.05) is 20.0 Å². The van der Waals surface area contributed by atoms with Gasteiger partial charge in [0.15, 0.2) is 16.7 Å². The Morgan fingerprint density at radius 3 is 2.50 bits per heavy atom. The number of benzene rings is 3. The molecule has 0 bridgehead atoms. The molecular formula is C27H24N4O6S. The normalized spacial score (nSPS) is 10.9. The summed E-state index contributed by atoms with van der Waals surface area (Å²) in [6.07, 6.45) is 1.43. The van der Waals surface area contributed by atoms with E-state index in [0.29, 0.717) is 38.8 Å². The molecular weight excluding hydrogens is 508 g/mol. The first-order valence-electron chi connectivity index (χ1n) is 11.4. The maximum absolute atomic E-state index is 13.3.